The van der Waals surface area contributed by atoms with Gasteiger partial charge in [-0.1, -0.05) is 12.1 Å². The molecule has 0 saturated carbocycles. The Hall–Kier alpha value is -1.73. The fourth-order valence-corrected chi connectivity index (χ4v) is 3.63. The van der Waals surface area contributed by atoms with E-state index < -0.39 is 15.8 Å². The molecule has 1 aliphatic heterocycles. The second kappa shape index (κ2) is 6.36. The molecule has 1 aliphatic rings. The summed E-state index contributed by atoms with van der Waals surface area (Å²) in [5.74, 6) is -0.710. The number of amides is 1. The number of hydrogen-bond donors (Lipinski definition) is 0. The van der Waals surface area contributed by atoms with E-state index in [4.69, 9.17) is 0 Å². The van der Waals surface area contributed by atoms with Gasteiger partial charge in [-0.3, -0.25) is 4.79 Å². The quantitative estimate of drug-likeness (QED) is 0.789. The highest BCUT2D eigenvalue weighted by molar-refractivity contribution is 7.89. The Kier molecular flexibility index (Phi) is 4.74. The Bertz CT molecular complexity index is 650. The minimum absolute atomic E-state index is 0.0595. The second-order valence-electron chi connectivity index (χ2n) is 4.69. The Morgan fingerprint density at radius 2 is 1.90 bits per heavy atom. The number of allylic oxidation sites excluding steroid dienone is 1. The van der Waals surface area contributed by atoms with Gasteiger partial charge in [-0.05, 0) is 31.2 Å². The van der Waals surface area contributed by atoms with Crippen LogP contribution in [0.1, 0.15) is 6.92 Å². The molecule has 114 valence electrons. The van der Waals surface area contributed by atoms with Gasteiger partial charge in [0.15, 0.2) is 0 Å². The maximum Gasteiger partial charge on any atom is 0.246 e. The van der Waals surface area contributed by atoms with Gasteiger partial charge >= 0.3 is 0 Å². The lowest BCUT2D eigenvalue weighted by Gasteiger charge is -2.33. The van der Waals surface area contributed by atoms with Crippen LogP contribution in [-0.4, -0.2) is 49.7 Å². The first-order valence-electron chi connectivity index (χ1n) is 6.62. The number of hydrogen-bond acceptors (Lipinski definition) is 3. The standard InChI is InChI=1S/C14H17FN2O3S/c1-2-4-14(18)16-7-9-17(10-8-16)21(19,20)13-6-3-5-12(15)11-13/h2-6,11H,7-10H2,1H3/b4-2+. The third kappa shape index (κ3) is 3.48. The molecule has 0 bridgehead atoms. The van der Waals surface area contributed by atoms with Gasteiger partial charge in [0.05, 0.1) is 4.90 Å². The van der Waals surface area contributed by atoms with Gasteiger partial charge < -0.3 is 4.90 Å². The van der Waals surface area contributed by atoms with E-state index in [1.165, 1.54) is 28.6 Å². The Morgan fingerprint density at radius 1 is 1.24 bits per heavy atom. The number of nitrogens with zero attached hydrogens (tertiary/aromatic N) is 2. The Balaban J connectivity index is 2.09. The number of benzene rings is 1. The van der Waals surface area contributed by atoms with E-state index in [-0.39, 0.29) is 23.9 Å². The molecule has 1 amide bonds. The van der Waals surface area contributed by atoms with Crippen molar-refractivity contribution in [1.29, 1.82) is 0 Å². The summed E-state index contributed by atoms with van der Waals surface area (Å²) in [4.78, 5) is 13.2. The van der Waals surface area contributed by atoms with E-state index >= 15 is 0 Å². The van der Waals surface area contributed by atoms with Crippen molar-refractivity contribution in [3.63, 3.8) is 0 Å². The molecule has 21 heavy (non-hydrogen) atoms. The summed E-state index contributed by atoms with van der Waals surface area (Å²) in [6.07, 6.45) is 3.11. The zero-order valence-corrected chi connectivity index (χ0v) is 12.5. The summed E-state index contributed by atoms with van der Waals surface area (Å²) in [6, 6.07) is 4.95. The van der Waals surface area contributed by atoms with Crippen LogP contribution in [-0.2, 0) is 14.8 Å². The van der Waals surface area contributed by atoms with Crippen molar-refractivity contribution in [2.75, 3.05) is 26.2 Å². The molecular formula is C14H17FN2O3S. The van der Waals surface area contributed by atoms with Gasteiger partial charge in [-0.15, -0.1) is 0 Å². The number of piperazine rings is 1. The summed E-state index contributed by atoms with van der Waals surface area (Å²) >= 11 is 0. The van der Waals surface area contributed by atoms with Gasteiger partial charge in [0.1, 0.15) is 5.82 Å². The number of carbonyl (C=O) groups is 1. The lowest BCUT2D eigenvalue weighted by Crippen LogP contribution is -2.50. The molecule has 1 heterocycles. The minimum atomic E-state index is -3.71. The molecule has 1 aromatic rings. The van der Waals surface area contributed by atoms with Crippen molar-refractivity contribution in [2.24, 2.45) is 0 Å². The van der Waals surface area contributed by atoms with Crippen LogP contribution < -0.4 is 0 Å². The summed E-state index contributed by atoms with van der Waals surface area (Å²) in [5, 5.41) is 0. The van der Waals surface area contributed by atoms with Crippen LogP contribution >= 0.6 is 0 Å². The van der Waals surface area contributed by atoms with Crippen LogP contribution in [0.2, 0.25) is 0 Å². The van der Waals surface area contributed by atoms with Crippen molar-refractivity contribution < 1.29 is 17.6 Å². The topological polar surface area (TPSA) is 57.7 Å². The molecule has 1 aromatic carbocycles. The Morgan fingerprint density at radius 3 is 2.48 bits per heavy atom. The fourth-order valence-electron chi connectivity index (χ4n) is 2.17. The third-order valence-corrected chi connectivity index (χ3v) is 5.19. The normalized spacial score (nSPS) is 17.3. The van der Waals surface area contributed by atoms with Crippen LogP contribution in [0.5, 0.6) is 0 Å². The van der Waals surface area contributed by atoms with E-state index in [1.54, 1.807) is 17.9 Å². The number of rotatable bonds is 3. The zero-order valence-electron chi connectivity index (χ0n) is 11.7. The van der Waals surface area contributed by atoms with Gasteiger partial charge in [0, 0.05) is 26.2 Å². The zero-order chi connectivity index (χ0) is 15.5. The maximum absolute atomic E-state index is 13.2. The van der Waals surface area contributed by atoms with Gasteiger partial charge in [0.2, 0.25) is 15.9 Å². The molecule has 0 aromatic heterocycles. The van der Waals surface area contributed by atoms with Gasteiger partial charge in [-0.25, -0.2) is 12.8 Å². The second-order valence-corrected chi connectivity index (χ2v) is 6.62. The summed E-state index contributed by atoms with van der Waals surface area (Å²) in [5.41, 5.74) is 0. The Labute approximate surface area is 123 Å². The molecule has 0 spiro atoms. The largest absolute Gasteiger partial charge is 0.337 e. The average Bonchev–Trinajstić information content (AvgIpc) is 2.47. The van der Waals surface area contributed by atoms with Crippen molar-refractivity contribution in [1.82, 2.24) is 9.21 Å². The van der Waals surface area contributed by atoms with Gasteiger partial charge in [-0.2, -0.15) is 4.31 Å². The smallest absolute Gasteiger partial charge is 0.246 e. The molecule has 1 fully saturated rings. The molecule has 5 nitrogen and oxygen atoms in total. The highest BCUT2D eigenvalue weighted by Gasteiger charge is 2.29. The van der Waals surface area contributed by atoms with E-state index in [0.717, 1.165) is 6.07 Å². The predicted octanol–water partition coefficient (Wildman–Crippen LogP) is 1.23. The molecule has 2 rings (SSSR count). The fraction of sp³-hybridized carbons (Fsp3) is 0.357. The first-order chi connectivity index (χ1) is 9.95. The van der Waals surface area contributed by atoms with Crippen molar-refractivity contribution in [3.8, 4) is 0 Å². The van der Waals surface area contributed by atoms with Crippen molar-refractivity contribution >= 4 is 15.9 Å². The molecule has 0 N–H and O–H groups in total. The lowest BCUT2D eigenvalue weighted by molar-refractivity contribution is -0.127. The summed E-state index contributed by atoms with van der Waals surface area (Å²) in [7, 11) is -3.71. The number of sulfonamides is 1. The maximum atomic E-state index is 13.2. The predicted molar refractivity (Wildman–Crippen MR) is 76.6 cm³/mol. The number of halogens is 1. The molecule has 0 aliphatic carbocycles. The molecule has 0 unspecified atom stereocenters. The number of carbonyl (C=O) groups excluding carboxylic acids is 1. The van der Waals surface area contributed by atoms with Crippen LogP contribution in [0.3, 0.4) is 0 Å². The molecule has 1 saturated heterocycles. The van der Waals surface area contributed by atoms with Crippen molar-refractivity contribution in [2.45, 2.75) is 11.8 Å². The van der Waals surface area contributed by atoms with E-state index in [2.05, 4.69) is 0 Å². The summed E-state index contributed by atoms with van der Waals surface area (Å²) in [6.45, 7) is 2.84. The third-order valence-electron chi connectivity index (χ3n) is 3.29. The van der Waals surface area contributed by atoms with E-state index in [1.807, 2.05) is 0 Å². The molecule has 7 heteroatoms. The summed E-state index contributed by atoms with van der Waals surface area (Å²) < 4.78 is 39.2. The minimum Gasteiger partial charge on any atom is -0.337 e. The van der Waals surface area contributed by atoms with Gasteiger partial charge in [0.25, 0.3) is 0 Å². The average molecular weight is 312 g/mol. The first kappa shape index (κ1) is 15.7. The SMILES string of the molecule is C/C=C/C(=O)N1CCN(S(=O)(=O)c2cccc(F)c2)CC1. The van der Waals surface area contributed by atoms with Crippen LogP contribution in [0.15, 0.2) is 41.3 Å². The monoisotopic (exact) mass is 312 g/mol. The molecule has 0 radical (unpaired) electrons. The first-order valence-corrected chi connectivity index (χ1v) is 8.06. The van der Waals surface area contributed by atoms with E-state index in [0.29, 0.717) is 13.1 Å². The molecular weight excluding hydrogens is 295 g/mol. The molecule has 0 atom stereocenters. The van der Waals surface area contributed by atoms with Crippen molar-refractivity contribution in [3.05, 3.63) is 42.2 Å². The van der Waals surface area contributed by atoms with Crippen LogP contribution in [0.25, 0.3) is 0 Å². The van der Waals surface area contributed by atoms with Crippen LogP contribution in [0.4, 0.5) is 4.39 Å². The lowest BCUT2D eigenvalue weighted by atomic mass is 10.3. The highest BCUT2D eigenvalue weighted by Crippen LogP contribution is 2.18. The van der Waals surface area contributed by atoms with Crippen LogP contribution in [0, 0.1) is 5.82 Å². The van der Waals surface area contributed by atoms with E-state index in [9.17, 15) is 17.6 Å². The highest BCUT2D eigenvalue weighted by atomic mass is 32.2.